The number of rotatable bonds is 0. The van der Waals surface area contributed by atoms with Crippen molar-refractivity contribution in [3.05, 3.63) is 53.6 Å². The molecule has 0 heterocycles. The molecule has 2 aromatic rings. The van der Waals surface area contributed by atoms with E-state index in [0.717, 1.165) is 21.9 Å². The molecule has 0 spiro atoms. The molecule has 0 saturated heterocycles. The fraction of sp³-hybridized carbons (Fsp3) is 0.0769. The number of hydrogen-bond acceptors (Lipinski definition) is 0. The Morgan fingerprint density at radius 1 is 1.00 bits per heavy atom. The van der Waals surface area contributed by atoms with Gasteiger partial charge in [0.15, 0.2) is 0 Å². The average molecular weight is 181 g/mol. The van der Waals surface area contributed by atoms with E-state index in [9.17, 15) is 5.11 Å². The van der Waals surface area contributed by atoms with Gasteiger partial charge >= 0.3 is 0 Å². The maximum atomic E-state index is 11.7. The second-order valence-corrected chi connectivity index (χ2v) is 3.57. The molecule has 1 atom stereocenters. The van der Waals surface area contributed by atoms with Crippen LogP contribution < -0.4 is 0 Å². The minimum atomic E-state index is -0.700. The molecule has 1 radical (unpaired) electrons. The molecule has 2 aromatic carbocycles. The molecular weight excluding hydrogens is 172 g/mol. The minimum Gasteiger partial charge on any atom is -0.223 e. The van der Waals surface area contributed by atoms with E-state index >= 15 is 0 Å². The third kappa shape index (κ3) is 0.932. The Balaban J connectivity index is 2.52. The van der Waals surface area contributed by atoms with Gasteiger partial charge in [0.05, 0.1) is 0 Å². The van der Waals surface area contributed by atoms with E-state index in [1.807, 2.05) is 42.5 Å². The van der Waals surface area contributed by atoms with Crippen molar-refractivity contribution in [2.75, 3.05) is 0 Å². The molecule has 0 fully saturated rings. The molecule has 67 valence electrons. The van der Waals surface area contributed by atoms with Crippen LogP contribution in [-0.4, -0.2) is 0 Å². The second-order valence-electron chi connectivity index (χ2n) is 3.57. The summed E-state index contributed by atoms with van der Waals surface area (Å²) >= 11 is 0. The van der Waals surface area contributed by atoms with Gasteiger partial charge < -0.3 is 0 Å². The lowest BCUT2D eigenvalue weighted by atomic mass is 9.92. The molecule has 1 aliphatic rings. The lowest BCUT2D eigenvalue weighted by Crippen LogP contribution is -1.98. The first-order chi connectivity index (χ1) is 6.86. The molecule has 1 aliphatic carbocycles. The average Bonchev–Trinajstić information content (AvgIpc) is 2.24. The Bertz CT molecular complexity index is 520. The van der Waals surface area contributed by atoms with Crippen LogP contribution >= 0.6 is 0 Å². The maximum Gasteiger partial charge on any atom is 0.137 e. The van der Waals surface area contributed by atoms with Crippen molar-refractivity contribution in [1.82, 2.24) is 0 Å². The van der Waals surface area contributed by atoms with Crippen LogP contribution in [0.1, 0.15) is 17.2 Å². The van der Waals surface area contributed by atoms with Crippen LogP contribution in [0.25, 0.3) is 16.8 Å². The highest BCUT2D eigenvalue weighted by Crippen LogP contribution is 2.33. The van der Waals surface area contributed by atoms with Gasteiger partial charge in [-0.3, -0.25) is 0 Å². The standard InChI is InChI=1S/C13H9O/c14-12-8-7-10-4-1-3-9-5-2-6-11(12)13(9)10/h1-8,12H. The van der Waals surface area contributed by atoms with E-state index in [-0.39, 0.29) is 0 Å². The highest BCUT2D eigenvalue weighted by Gasteiger charge is 2.15. The first-order valence-electron chi connectivity index (χ1n) is 4.72. The summed E-state index contributed by atoms with van der Waals surface area (Å²) in [6.45, 7) is 0. The summed E-state index contributed by atoms with van der Waals surface area (Å²) in [4.78, 5) is 0. The summed E-state index contributed by atoms with van der Waals surface area (Å²) in [7, 11) is 0. The van der Waals surface area contributed by atoms with Crippen LogP contribution in [0.5, 0.6) is 0 Å². The van der Waals surface area contributed by atoms with E-state index in [4.69, 9.17) is 0 Å². The first kappa shape index (κ1) is 7.77. The summed E-state index contributed by atoms with van der Waals surface area (Å²) < 4.78 is 0. The van der Waals surface area contributed by atoms with Crippen LogP contribution in [0.15, 0.2) is 42.5 Å². The smallest absolute Gasteiger partial charge is 0.137 e. The molecule has 1 unspecified atom stereocenters. The predicted octanol–water partition coefficient (Wildman–Crippen LogP) is 3.34. The van der Waals surface area contributed by atoms with Gasteiger partial charge in [0.2, 0.25) is 0 Å². The topological polar surface area (TPSA) is 19.9 Å². The molecule has 0 bridgehead atoms. The highest BCUT2D eigenvalue weighted by molar-refractivity contribution is 5.95. The van der Waals surface area contributed by atoms with Gasteiger partial charge in [0, 0.05) is 0 Å². The van der Waals surface area contributed by atoms with Crippen LogP contribution in [0.3, 0.4) is 0 Å². The summed E-state index contributed by atoms with van der Waals surface area (Å²) in [5, 5.41) is 13.9. The van der Waals surface area contributed by atoms with E-state index in [1.165, 1.54) is 0 Å². The van der Waals surface area contributed by atoms with Crippen LogP contribution in [0.4, 0.5) is 0 Å². The van der Waals surface area contributed by atoms with Gasteiger partial charge in [-0.1, -0.05) is 42.5 Å². The van der Waals surface area contributed by atoms with Crippen molar-refractivity contribution >= 4 is 16.8 Å². The Hall–Kier alpha value is -1.60. The zero-order chi connectivity index (χ0) is 9.54. The van der Waals surface area contributed by atoms with E-state index in [0.29, 0.717) is 0 Å². The fourth-order valence-corrected chi connectivity index (χ4v) is 2.07. The molecule has 3 rings (SSSR count). The lowest BCUT2D eigenvalue weighted by Gasteiger charge is -2.15. The first-order valence-corrected chi connectivity index (χ1v) is 4.72. The van der Waals surface area contributed by atoms with Gasteiger partial charge in [0.1, 0.15) is 6.10 Å². The molecular formula is C13H9O. The minimum absolute atomic E-state index is 0.700. The normalized spacial score (nSPS) is 18.8. The van der Waals surface area contributed by atoms with Crippen molar-refractivity contribution < 1.29 is 5.11 Å². The maximum absolute atomic E-state index is 11.7. The molecule has 0 saturated carbocycles. The monoisotopic (exact) mass is 181 g/mol. The molecule has 1 nitrogen and oxygen atoms in total. The molecule has 0 aromatic heterocycles. The quantitative estimate of drug-likeness (QED) is 0.594. The number of hydrogen-bond donors (Lipinski definition) is 0. The predicted molar refractivity (Wildman–Crippen MR) is 56.4 cm³/mol. The van der Waals surface area contributed by atoms with Crippen LogP contribution in [0.2, 0.25) is 0 Å². The molecule has 0 aliphatic heterocycles. The number of benzene rings is 2. The van der Waals surface area contributed by atoms with Gasteiger partial charge in [0.25, 0.3) is 0 Å². The van der Waals surface area contributed by atoms with Crippen molar-refractivity contribution in [2.24, 2.45) is 0 Å². The molecule has 0 N–H and O–H groups in total. The summed E-state index contributed by atoms with van der Waals surface area (Å²) in [6.07, 6.45) is 2.94. The summed E-state index contributed by atoms with van der Waals surface area (Å²) in [5.41, 5.74) is 2.06. The summed E-state index contributed by atoms with van der Waals surface area (Å²) in [5.74, 6) is 0. The Morgan fingerprint density at radius 3 is 2.64 bits per heavy atom. The van der Waals surface area contributed by atoms with Crippen molar-refractivity contribution in [3.63, 3.8) is 0 Å². The summed E-state index contributed by atoms with van der Waals surface area (Å²) in [6, 6.07) is 12.0. The van der Waals surface area contributed by atoms with E-state index in [1.54, 1.807) is 6.08 Å². The van der Waals surface area contributed by atoms with Crippen molar-refractivity contribution in [2.45, 2.75) is 6.10 Å². The van der Waals surface area contributed by atoms with E-state index < -0.39 is 6.10 Å². The van der Waals surface area contributed by atoms with Gasteiger partial charge in [-0.2, -0.15) is 0 Å². The van der Waals surface area contributed by atoms with Crippen molar-refractivity contribution in [3.8, 4) is 0 Å². The third-order valence-corrected chi connectivity index (χ3v) is 2.73. The zero-order valence-electron chi connectivity index (χ0n) is 7.60. The van der Waals surface area contributed by atoms with Gasteiger partial charge in [-0.05, 0) is 28.0 Å². The molecule has 14 heavy (non-hydrogen) atoms. The van der Waals surface area contributed by atoms with Crippen LogP contribution in [-0.2, 0) is 5.11 Å². The Kier molecular flexibility index (Phi) is 1.49. The fourth-order valence-electron chi connectivity index (χ4n) is 2.07. The molecule has 1 heteroatoms. The van der Waals surface area contributed by atoms with Gasteiger partial charge in [-0.25, -0.2) is 5.11 Å². The highest BCUT2D eigenvalue weighted by atomic mass is 16.3. The van der Waals surface area contributed by atoms with Crippen LogP contribution in [0, 0.1) is 0 Å². The van der Waals surface area contributed by atoms with Crippen molar-refractivity contribution in [1.29, 1.82) is 0 Å². The second kappa shape index (κ2) is 2.69. The van der Waals surface area contributed by atoms with E-state index in [2.05, 4.69) is 0 Å². The third-order valence-electron chi connectivity index (χ3n) is 2.73. The SMILES string of the molecule is [O]C1C=Cc2cccc3cccc1c23. The Labute approximate surface area is 82.3 Å². The zero-order valence-corrected chi connectivity index (χ0v) is 7.60. The lowest BCUT2D eigenvalue weighted by molar-refractivity contribution is 0.133. The largest absolute Gasteiger partial charge is 0.223 e. The Morgan fingerprint density at radius 2 is 1.79 bits per heavy atom. The molecule has 0 amide bonds. The van der Waals surface area contributed by atoms with Gasteiger partial charge in [-0.15, -0.1) is 0 Å².